The highest BCUT2D eigenvalue weighted by Gasteiger charge is 2.56. The number of fused-ring (bicyclic) bond motifs is 2. The predicted molar refractivity (Wildman–Crippen MR) is 86.3 cm³/mol. The summed E-state index contributed by atoms with van der Waals surface area (Å²) in [5.74, 6) is 3.67. The summed E-state index contributed by atoms with van der Waals surface area (Å²) < 4.78 is 0. The van der Waals surface area contributed by atoms with Gasteiger partial charge in [0, 0.05) is 23.9 Å². The lowest BCUT2D eigenvalue weighted by Gasteiger charge is -2.26. The molecule has 0 saturated heterocycles. The first-order valence-corrected chi connectivity index (χ1v) is 9.07. The first kappa shape index (κ1) is 13.8. The van der Waals surface area contributed by atoms with E-state index in [1.165, 1.54) is 62.7 Å². The first-order chi connectivity index (χ1) is 10.4. The minimum absolute atomic E-state index is 0.670. The molecule has 2 heteroatoms. The van der Waals surface area contributed by atoms with Gasteiger partial charge in [0.15, 0.2) is 0 Å². The molecule has 2 fully saturated rings. The largest absolute Gasteiger partial charge is 0.313 e. The lowest BCUT2D eigenvalue weighted by molar-refractivity contribution is 0.361. The second kappa shape index (κ2) is 5.72. The van der Waals surface area contributed by atoms with E-state index in [1.54, 1.807) is 0 Å². The number of rotatable bonds is 5. The van der Waals surface area contributed by atoms with Crippen LogP contribution in [0.2, 0.25) is 0 Å². The monoisotopic (exact) mass is 284 g/mol. The van der Waals surface area contributed by atoms with Gasteiger partial charge in [-0.1, -0.05) is 25.8 Å². The molecule has 1 aromatic heterocycles. The molecular formula is C19H28N2. The fraction of sp³-hybridized carbons (Fsp3) is 0.737. The van der Waals surface area contributed by atoms with E-state index in [4.69, 9.17) is 4.98 Å². The summed E-state index contributed by atoms with van der Waals surface area (Å²) in [6, 6.07) is 5.08. The molecule has 0 radical (unpaired) electrons. The highest BCUT2D eigenvalue weighted by molar-refractivity contribution is 5.31. The Balaban J connectivity index is 1.56. The molecule has 0 amide bonds. The van der Waals surface area contributed by atoms with Crippen molar-refractivity contribution in [2.75, 3.05) is 6.54 Å². The molecule has 3 aliphatic rings. The van der Waals surface area contributed by atoms with Crippen molar-refractivity contribution in [2.24, 2.45) is 17.8 Å². The Labute approximate surface area is 128 Å². The SMILES string of the molecule is CCCNC(C1CCc2cccnc21)C1C2CCCCC21. The van der Waals surface area contributed by atoms with Gasteiger partial charge < -0.3 is 5.32 Å². The molecule has 21 heavy (non-hydrogen) atoms. The van der Waals surface area contributed by atoms with E-state index in [1.807, 2.05) is 6.20 Å². The molecule has 114 valence electrons. The van der Waals surface area contributed by atoms with E-state index >= 15 is 0 Å². The Kier molecular flexibility index (Phi) is 3.74. The van der Waals surface area contributed by atoms with Crippen LogP contribution in [0.4, 0.5) is 0 Å². The molecule has 3 aliphatic carbocycles. The van der Waals surface area contributed by atoms with Crippen LogP contribution in [0.1, 0.15) is 62.6 Å². The smallest absolute Gasteiger partial charge is 0.0482 e. The van der Waals surface area contributed by atoms with Gasteiger partial charge in [0.25, 0.3) is 0 Å². The molecule has 0 aromatic carbocycles. The first-order valence-electron chi connectivity index (χ1n) is 9.07. The highest BCUT2D eigenvalue weighted by atomic mass is 15.0. The van der Waals surface area contributed by atoms with Crippen LogP contribution >= 0.6 is 0 Å². The second-order valence-electron chi connectivity index (χ2n) is 7.36. The average molecular weight is 284 g/mol. The number of hydrogen-bond donors (Lipinski definition) is 1. The van der Waals surface area contributed by atoms with Gasteiger partial charge in [-0.3, -0.25) is 4.98 Å². The third-order valence-electron chi connectivity index (χ3n) is 6.20. The predicted octanol–water partition coefficient (Wildman–Crippen LogP) is 3.92. The number of nitrogens with zero attached hydrogens (tertiary/aromatic N) is 1. The Morgan fingerprint density at radius 3 is 2.81 bits per heavy atom. The molecule has 4 rings (SSSR count). The van der Waals surface area contributed by atoms with Gasteiger partial charge in [-0.15, -0.1) is 0 Å². The van der Waals surface area contributed by atoms with E-state index in [0.29, 0.717) is 12.0 Å². The number of aromatic nitrogens is 1. The number of hydrogen-bond acceptors (Lipinski definition) is 2. The zero-order valence-electron chi connectivity index (χ0n) is 13.2. The van der Waals surface area contributed by atoms with Crippen molar-refractivity contribution >= 4 is 0 Å². The normalized spacial score (nSPS) is 35.1. The quantitative estimate of drug-likeness (QED) is 0.886. The summed E-state index contributed by atoms with van der Waals surface area (Å²) in [6.07, 6.45) is 11.7. The van der Waals surface area contributed by atoms with Crippen LogP contribution in [-0.2, 0) is 6.42 Å². The van der Waals surface area contributed by atoms with E-state index in [2.05, 4.69) is 24.4 Å². The van der Waals surface area contributed by atoms with Gasteiger partial charge in [0.05, 0.1) is 0 Å². The maximum Gasteiger partial charge on any atom is 0.0482 e. The molecule has 2 nitrogen and oxygen atoms in total. The minimum atomic E-state index is 0.670. The van der Waals surface area contributed by atoms with Crippen molar-refractivity contribution in [3.8, 4) is 0 Å². The van der Waals surface area contributed by atoms with Crippen molar-refractivity contribution in [1.29, 1.82) is 0 Å². The summed E-state index contributed by atoms with van der Waals surface area (Å²) in [7, 11) is 0. The standard InChI is InChI=1S/C19H28N2/c1-2-11-20-19(17-14-7-3-4-8-15(14)17)16-10-9-13-6-5-12-21-18(13)16/h5-6,12,14-17,19-20H,2-4,7-11H2,1H3. The van der Waals surface area contributed by atoms with E-state index in [0.717, 1.165) is 17.8 Å². The van der Waals surface area contributed by atoms with Crippen LogP contribution in [0.25, 0.3) is 0 Å². The third-order valence-corrected chi connectivity index (χ3v) is 6.20. The zero-order valence-corrected chi connectivity index (χ0v) is 13.2. The van der Waals surface area contributed by atoms with Crippen LogP contribution in [-0.4, -0.2) is 17.6 Å². The van der Waals surface area contributed by atoms with E-state index in [-0.39, 0.29) is 0 Å². The van der Waals surface area contributed by atoms with Crippen molar-refractivity contribution in [2.45, 2.75) is 63.8 Å². The van der Waals surface area contributed by atoms with Gasteiger partial charge in [-0.25, -0.2) is 0 Å². The Bertz CT molecular complexity index is 486. The van der Waals surface area contributed by atoms with Crippen LogP contribution in [0, 0.1) is 17.8 Å². The maximum absolute atomic E-state index is 4.76. The zero-order chi connectivity index (χ0) is 14.2. The van der Waals surface area contributed by atoms with Gasteiger partial charge in [0.1, 0.15) is 0 Å². The van der Waals surface area contributed by atoms with Gasteiger partial charge in [-0.2, -0.15) is 0 Å². The van der Waals surface area contributed by atoms with Gasteiger partial charge in [-0.05, 0) is 68.0 Å². The maximum atomic E-state index is 4.76. The number of nitrogens with one attached hydrogen (secondary N) is 1. The van der Waals surface area contributed by atoms with Crippen molar-refractivity contribution in [1.82, 2.24) is 10.3 Å². The third kappa shape index (κ3) is 2.42. The number of aryl methyl sites for hydroxylation is 1. The van der Waals surface area contributed by atoms with Crippen molar-refractivity contribution < 1.29 is 0 Å². The molecule has 0 bridgehead atoms. The summed E-state index contributed by atoms with van der Waals surface area (Å²) in [6.45, 7) is 3.45. The van der Waals surface area contributed by atoms with Crippen LogP contribution in [0.5, 0.6) is 0 Å². The lowest BCUT2D eigenvalue weighted by Crippen LogP contribution is -2.38. The van der Waals surface area contributed by atoms with E-state index in [9.17, 15) is 0 Å². The molecule has 1 N–H and O–H groups in total. The molecule has 0 aliphatic heterocycles. The molecular weight excluding hydrogens is 256 g/mol. The second-order valence-corrected chi connectivity index (χ2v) is 7.36. The molecule has 2 saturated carbocycles. The minimum Gasteiger partial charge on any atom is -0.313 e. The van der Waals surface area contributed by atoms with Crippen LogP contribution in [0.3, 0.4) is 0 Å². The molecule has 0 spiro atoms. The fourth-order valence-electron chi connectivity index (χ4n) is 5.23. The Hall–Kier alpha value is -0.890. The molecule has 4 atom stereocenters. The highest BCUT2D eigenvalue weighted by Crippen LogP contribution is 2.59. The van der Waals surface area contributed by atoms with Crippen molar-refractivity contribution in [3.05, 3.63) is 29.6 Å². The molecule has 4 unspecified atom stereocenters. The molecule has 1 aromatic rings. The molecule has 1 heterocycles. The Morgan fingerprint density at radius 1 is 1.24 bits per heavy atom. The van der Waals surface area contributed by atoms with E-state index < -0.39 is 0 Å². The topological polar surface area (TPSA) is 24.9 Å². The van der Waals surface area contributed by atoms with Crippen LogP contribution < -0.4 is 5.32 Å². The summed E-state index contributed by atoms with van der Waals surface area (Å²) in [4.78, 5) is 4.76. The van der Waals surface area contributed by atoms with Gasteiger partial charge >= 0.3 is 0 Å². The number of pyridine rings is 1. The fourth-order valence-corrected chi connectivity index (χ4v) is 5.23. The van der Waals surface area contributed by atoms with Crippen LogP contribution in [0.15, 0.2) is 18.3 Å². The van der Waals surface area contributed by atoms with Gasteiger partial charge in [0.2, 0.25) is 0 Å². The lowest BCUT2D eigenvalue weighted by atomic mass is 9.91. The Morgan fingerprint density at radius 2 is 2.05 bits per heavy atom. The summed E-state index contributed by atoms with van der Waals surface area (Å²) in [5.41, 5.74) is 2.92. The summed E-state index contributed by atoms with van der Waals surface area (Å²) in [5, 5.41) is 3.93. The average Bonchev–Trinajstić information content (AvgIpc) is 3.09. The summed E-state index contributed by atoms with van der Waals surface area (Å²) >= 11 is 0. The van der Waals surface area contributed by atoms with Crippen molar-refractivity contribution in [3.63, 3.8) is 0 Å².